The van der Waals surface area contributed by atoms with Crippen LogP contribution in [0.25, 0.3) is 10.9 Å². The molecule has 2 saturated heterocycles. The average Bonchev–Trinajstić information content (AvgIpc) is 3.98. The highest BCUT2D eigenvalue weighted by molar-refractivity contribution is 5.97. The lowest BCUT2D eigenvalue weighted by atomic mass is 9.83. The zero-order valence-corrected chi connectivity index (χ0v) is 40.1. The SMILES string of the molecule is NC(N)=NCCC[C@@H]1NC(=O)[C@H](Cc2c[nH]c3ccccc23)NC(=O)[C@@H](CC2CCC(O)CC2)NC(=O)[C@@H]2C[C@@H](NCC(=O)O)CN2C(=O)[C@@H](NC(=O)[C@H](Cc2ccccc2)NCC(=O)O)CCCNC1=O. The summed E-state index contributed by atoms with van der Waals surface area (Å²) in [6.07, 6.45) is 3.64. The van der Waals surface area contributed by atoms with E-state index < -0.39 is 109 Å². The van der Waals surface area contributed by atoms with Gasteiger partial charge < -0.3 is 68.6 Å². The van der Waals surface area contributed by atoms with Crippen LogP contribution in [0.4, 0.5) is 0 Å². The van der Waals surface area contributed by atoms with Gasteiger partial charge in [0, 0.05) is 49.2 Å². The number of para-hydroxylation sites is 1. The Morgan fingerprint density at radius 2 is 1.49 bits per heavy atom. The monoisotopic (exact) mass is 1000 g/mol. The molecule has 3 aromatic rings. The number of hydrogen-bond donors (Lipinski definition) is 13. The predicted octanol–water partition coefficient (Wildman–Crippen LogP) is -1.52. The molecule has 1 saturated carbocycles. The van der Waals surface area contributed by atoms with E-state index in [-0.39, 0.29) is 82.9 Å². The van der Waals surface area contributed by atoms with E-state index in [4.69, 9.17) is 11.5 Å². The van der Waals surface area contributed by atoms with Crippen molar-refractivity contribution in [3.05, 3.63) is 71.9 Å². The normalized spacial score (nSPS) is 25.1. The Hall–Kier alpha value is -7.11. The van der Waals surface area contributed by atoms with E-state index in [9.17, 15) is 53.7 Å². The largest absolute Gasteiger partial charge is 0.480 e. The summed E-state index contributed by atoms with van der Waals surface area (Å²) in [5, 5.41) is 50.0. The quantitative estimate of drug-likeness (QED) is 0.0391. The Balaban J connectivity index is 1.37. The van der Waals surface area contributed by atoms with Gasteiger partial charge in [-0.15, -0.1) is 0 Å². The summed E-state index contributed by atoms with van der Waals surface area (Å²) >= 11 is 0. The Bertz CT molecular complexity index is 2410. The number of aliphatic carboxylic acids is 2. The maximum atomic E-state index is 15.0. The van der Waals surface area contributed by atoms with E-state index in [0.29, 0.717) is 36.8 Å². The number of aliphatic hydroxyl groups is 1. The Labute approximate surface area is 416 Å². The molecule has 390 valence electrons. The van der Waals surface area contributed by atoms with Crippen LogP contribution in [0.15, 0.2) is 65.8 Å². The lowest BCUT2D eigenvalue weighted by molar-refractivity contribution is -0.143. The Morgan fingerprint density at radius 3 is 2.21 bits per heavy atom. The highest BCUT2D eigenvalue weighted by atomic mass is 16.4. The van der Waals surface area contributed by atoms with E-state index in [1.807, 2.05) is 24.3 Å². The summed E-state index contributed by atoms with van der Waals surface area (Å²) in [6, 6.07) is 8.07. The molecule has 0 radical (unpaired) electrons. The van der Waals surface area contributed by atoms with Crippen LogP contribution in [-0.2, 0) is 51.2 Å². The average molecular weight is 1000 g/mol. The van der Waals surface area contributed by atoms with Gasteiger partial charge in [-0.05, 0) is 93.7 Å². The smallest absolute Gasteiger partial charge is 0.317 e. The second-order valence-corrected chi connectivity index (χ2v) is 18.8. The van der Waals surface area contributed by atoms with Gasteiger partial charge in [-0.25, -0.2) is 0 Å². The summed E-state index contributed by atoms with van der Waals surface area (Å²) in [5.41, 5.74) is 13.3. The molecular weight excluding hydrogens is 933 g/mol. The number of carboxylic acid groups (broad SMARTS) is 2. The number of carbonyl (C=O) groups excluding carboxylic acids is 6. The number of benzene rings is 2. The fourth-order valence-electron chi connectivity index (χ4n) is 9.66. The second-order valence-electron chi connectivity index (χ2n) is 18.8. The first-order chi connectivity index (χ1) is 34.5. The van der Waals surface area contributed by atoms with Crippen molar-refractivity contribution in [2.24, 2.45) is 22.4 Å². The maximum absolute atomic E-state index is 15.0. The first kappa shape index (κ1) is 54.2. The van der Waals surface area contributed by atoms with Crippen molar-refractivity contribution in [1.82, 2.24) is 47.1 Å². The third-order valence-electron chi connectivity index (χ3n) is 13.4. The summed E-state index contributed by atoms with van der Waals surface area (Å²) in [4.78, 5) is 119. The molecule has 6 rings (SSSR count). The zero-order valence-electron chi connectivity index (χ0n) is 40.1. The molecule has 2 aromatic carbocycles. The van der Waals surface area contributed by atoms with Crippen molar-refractivity contribution in [2.75, 3.05) is 32.7 Å². The van der Waals surface area contributed by atoms with Crippen molar-refractivity contribution in [3.8, 4) is 0 Å². The second kappa shape index (κ2) is 26.4. The van der Waals surface area contributed by atoms with Crippen molar-refractivity contribution < 1.29 is 53.7 Å². The van der Waals surface area contributed by atoms with Gasteiger partial charge in [0.05, 0.1) is 25.2 Å². The number of guanidine groups is 1. The number of hydrogen-bond acceptors (Lipinski definition) is 12. The number of fused-ring (bicyclic) bond motifs is 2. The zero-order chi connectivity index (χ0) is 51.7. The fraction of sp³-hybridized carbons (Fsp3) is 0.531. The van der Waals surface area contributed by atoms with Crippen molar-refractivity contribution in [1.29, 1.82) is 0 Å². The van der Waals surface area contributed by atoms with Gasteiger partial charge in [0.25, 0.3) is 0 Å². The number of aliphatic hydroxyl groups excluding tert-OH is 1. The topological polar surface area (TPSA) is 365 Å². The number of H-pyrrole nitrogens is 1. The minimum absolute atomic E-state index is 0.0206. The maximum Gasteiger partial charge on any atom is 0.317 e. The summed E-state index contributed by atoms with van der Waals surface area (Å²) in [5.74, 6) is -6.85. The highest BCUT2D eigenvalue weighted by Crippen LogP contribution is 2.29. The number of carboxylic acids is 2. The van der Waals surface area contributed by atoms with Crippen LogP contribution in [0, 0.1) is 5.92 Å². The fourth-order valence-corrected chi connectivity index (χ4v) is 9.66. The van der Waals surface area contributed by atoms with Crippen LogP contribution in [0.3, 0.4) is 0 Å². The van der Waals surface area contributed by atoms with Crippen molar-refractivity contribution in [2.45, 2.75) is 125 Å². The molecule has 3 aliphatic rings. The van der Waals surface area contributed by atoms with Crippen LogP contribution in [0.5, 0.6) is 0 Å². The number of rotatable bonds is 18. The highest BCUT2D eigenvalue weighted by Gasteiger charge is 2.44. The molecule has 3 fully saturated rings. The number of carbonyl (C=O) groups is 8. The predicted molar refractivity (Wildman–Crippen MR) is 264 cm³/mol. The number of nitrogens with two attached hydrogens (primary N) is 2. The molecule has 23 nitrogen and oxygen atoms in total. The van der Waals surface area contributed by atoms with Crippen LogP contribution in [0.2, 0.25) is 0 Å². The lowest BCUT2D eigenvalue weighted by Gasteiger charge is -2.33. The lowest BCUT2D eigenvalue weighted by Crippen LogP contribution is -2.60. The van der Waals surface area contributed by atoms with Gasteiger partial charge in [-0.1, -0.05) is 48.5 Å². The molecule has 1 aromatic heterocycles. The number of aromatic amines is 1. The van der Waals surface area contributed by atoms with Gasteiger partial charge >= 0.3 is 11.9 Å². The molecule has 2 aliphatic heterocycles. The van der Waals surface area contributed by atoms with E-state index in [1.165, 1.54) is 4.90 Å². The minimum Gasteiger partial charge on any atom is -0.480 e. The number of aromatic nitrogens is 1. The van der Waals surface area contributed by atoms with Crippen molar-refractivity contribution in [3.63, 3.8) is 0 Å². The van der Waals surface area contributed by atoms with Gasteiger partial charge in [-0.2, -0.15) is 0 Å². The van der Waals surface area contributed by atoms with E-state index in [2.05, 4.69) is 47.2 Å². The summed E-state index contributed by atoms with van der Waals surface area (Å²) in [6.45, 7) is -1.15. The molecule has 72 heavy (non-hydrogen) atoms. The van der Waals surface area contributed by atoms with E-state index in [1.54, 1.807) is 36.5 Å². The summed E-state index contributed by atoms with van der Waals surface area (Å²) < 4.78 is 0. The number of aliphatic imine (C=N–C) groups is 1. The van der Waals surface area contributed by atoms with Gasteiger partial charge in [0.15, 0.2) is 5.96 Å². The summed E-state index contributed by atoms with van der Waals surface area (Å²) in [7, 11) is 0. The third-order valence-corrected chi connectivity index (χ3v) is 13.4. The number of nitrogens with zero attached hydrogens (tertiary/aromatic N) is 2. The van der Waals surface area contributed by atoms with Crippen LogP contribution < -0.4 is 48.7 Å². The third kappa shape index (κ3) is 16.0. The number of nitrogens with one attached hydrogen (secondary N) is 8. The molecule has 23 heteroatoms. The van der Waals surface area contributed by atoms with Crippen molar-refractivity contribution >= 4 is 64.2 Å². The molecule has 7 atom stereocenters. The molecule has 0 bridgehead atoms. The van der Waals surface area contributed by atoms with E-state index >= 15 is 0 Å². The Kier molecular flexibility index (Phi) is 19.9. The standard InChI is InChI=1S/C49H68N12O11/c50-49(51)53-19-6-12-35-43(67)52-18-7-13-36(58-44(68)37(56-26-42(65)66)20-28-8-2-1-3-9-28)48(72)61-27-31(54-25-41(63)64)23-40(61)47(71)60-38(21-29-14-16-32(62)17-15-29)45(69)59-39(46(70)57-35)22-30-24-55-34-11-5-4-10-33(30)34/h1-5,8-11,24,29,31-32,35-40,54-56,62H,6-7,12-23,25-27H2,(H,52,67)(H,57,70)(H,58,68)(H,59,69)(H,60,71)(H,63,64)(H,65,66)(H4,50,51,53)/t29?,31-,32?,35+,36+,37+,38-,39+,40+/m1/s1. The molecular formula is C49H68N12O11. The Morgan fingerprint density at radius 1 is 0.806 bits per heavy atom. The molecule has 1 aliphatic carbocycles. The van der Waals surface area contributed by atoms with Gasteiger partial charge in [0.1, 0.15) is 30.2 Å². The van der Waals surface area contributed by atoms with Crippen LogP contribution in [0.1, 0.15) is 75.3 Å². The van der Waals surface area contributed by atoms with Crippen LogP contribution in [-0.4, -0.2) is 160 Å². The molecule has 0 unspecified atom stereocenters. The van der Waals surface area contributed by atoms with Gasteiger partial charge in [-0.3, -0.25) is 48.7 Å². The van der Waals surface area contributed by atoms with Gasteiger partial charge in [0.2, 0.25) is 35.4 Å². The molecule has 3 heterocycles. The van der Waals surface area contributed by atoms with E-state index in [0.717, 1.165) is 10.9 Å². The molecule has 6 amide bonds. The minimum atomic E-state index is -1.35. The first-order valence-corrected chi connectivity index (χ1v) is 24.6. The molecule has 0 spiro atoms. The van der Waals surface area contributed by atoms with Crippen LogP contribution >= 0.6 is 0 Å². The number of amides is 6. The molecule has 15 N–H and O–H groups in total. The first-order valence-electron chi connectivity index (χ1n) is 24.6.